The summed E-state index contributed by atoms with van der Waals surface area (Å²) in [5.74, 6) is -0.310. The molecule has 158 valence electrons. The van der Waals surface area contributed by atoms with Crippen molar-refractivity contribution in [2.75, 3.05) is 33.2 Å². The molecule has 4 rings (SSSR count). The number of aromatic nitrogens is 2. The first kappa shape index (κ1) is 20.1. The summed E-state index contributed by atoms with van der Waals surface area (Å²) in [6.45, 7) is 6.12. The van der Waals surface area contributed by atoms with E-state index >= 15 is 0 Å². The van der Waals surface area contributed by atoms with Gasteiger partial charge in [0.2, 0.25) is 5.91 Å². The molecule has 1 saturated heterocycles. The van der Waals surface area contributed by atoms with Gasteiger partial charge in [-0.3, -0.25) is 14.4 Å². The highest BCUT2D eigenvalue weighted by Gasteiger charge is 2.42. The molecule has 2 aromatic rings. The molecule has 30 heavy (non-hydrogen) atoms. The van der Waals surface area contributed by atoms with Crippen LogP contribution in [0, 0.1) is 5.92 Å². The lowest BCUT2D eigenvalue weighted by Crippen LogP contribution is -2.35. The molecule has 0 aliphatic carbocycles. The number of rotatable bonds is 4. The fourth-order valence-corrected chi connectivity index (χ4v) is 4.48. The van der Waals surface area contributed by atoms with Crippen molar-refractivity contribution in [1.82, 2.24) is 24.3 Å². The smallest absolute Gasteiger partial charge is 0.275 e. The fourth-order valence-electron chi connectivity index (χ4n) is 4.48. The summed E-state index contributed by atoms with van der Waals surface area (Å²) >= 11 is 0. The average molecular weight is 409 g/mol. The normalized spacial score (nSPS) is 20.6. The Morgan fingerprint density at radius 2 is 1.90 bits per heavy atom. The Morgan fingerprint density at radius 3 is 2.57 bits per heavy atom. The molecule has 0 spiro atoms. The molecule has 8 heteroatoms. The molecule has 0 radical (unpaired) electrons. The second-order valence-corrected chi connectivity index (χ2v) is 8.09. The van der Waals surface area contributed by atoms with Gasteiger partial charge in [-0.15, -0.1) is 0 Å². The molecule has 2 aliphatic heterocycles. The zero-order valence-electron chi connectivity index (χ0n) is 17.6. The summed E-state index contributed by atoms with van der Waals surface area (Å²) in [6, 6.07) is 9.71. The number of amides is 3. The minimum Gasteiger partial charge on any atom is -0.340 e. The van der Waals surface area contributed by atoms with Crippen LogP contribution in [0.25, 0.3) is 0 Å². The summed E-state index contributed by atoms with van der Waals surface area (Å²) in [6.07, 6.45) is 1.59. The van der Waals surface area contributed by atoms with Crippen LogP contribution >= 0.6 is 0 Å². The lowest BCUT2D eigenvalue weighted by Gasteiger charge is -2.22. The van der Waals surface area contributed by atoms with Crippen LogP contribution in [0.1, 0.15) is 46.4 Å². The van der Waals surface area contributed by atoms with E-state index in [-0.39, 0.29) is 35.4 Å². The zero-order valence-corrected chi connectivity index (χ0v) is 17.6. The van der Waals surface area contributed by atoms with Gasteiger partial charge < -0.3 is 19.3 Å². The highest BCUT2D eigenvalue weighted by atomic mass is 16.2. The van der Waals surface area contributed by atoms with Gasteiger partial charge in [-0.2, -0.15) is 0 Å². The standard InChI is InChI=1S/C22H27N5O3/c1-4-25(10-16-8-6-5-7-9-16)21(29)19-20-22(30)24(3)11-17-12-26(15(2)28)13-18(17)27(20)14-23-19/h5-9,14,17-18H,4,10-13H2,1-3H3/t17-,18-/m0/s1. The molecule has 3 heterocycles. The topological polar surface area (TPSA) is 78.8 Å². The van der Waals surface area contributed by atoms with E-state index in [1.807, 2.05) is 41.8 Å². The number of carbonyl (C=O) groups is 3. The Morgan fingerprint density at radius 1 is 1.17 bits per heavy atom. The maximum absolute atomic E-state index is 13.4. The first-order chi connectivity index (χ1) is 14.4. The molecule has 3 amide bonds. The van der Waals surface area contributed by atoms with Crippen LogP contribution in [0.2, 0.25) is 0 Å². The van der Waals surface area contributed by atoms with Crippen molar-refractivity contribution in [2.24, 2.45) is 5.92 Å². The van der Waals surface area contributed by atoms with Gasteiger partial charge in [-0.25, -0.2) is 4.98 Å². The minimum atomic E-state index is -0.253. The van der Waals surface area contributed by atoms with Crippen molar-refractivity contribution in [3.63, 3.8) is 0 Å². The van der Waals surface area contributed by atoms with Crippen LogP contribution in [0.4, 0.5) is 0 Å². The third kappa shape index (κ3) is 3.46. The number of likely N-dealkylation sites (tertiary alicyclic amines) is 1. The number of nitrogens with zero attached hydrogens (tertiary/aromatic N) is 5. The Kier molecular flexibility index (Phi) is 5.32. The van der Waals surface area contributed by atoms with Crippen molar-refractivity contribution < 1.29 is 14.4 Å². The molecule has 0 saturated carbocycles. The van der Waals surface area contributed by atoms with Gasteiger partial charge in [0, 0.05) is 52.6 Å². The van der Waals surface area contributed by atoms with E-state index < -0.39 is 0 Å². The molecule has 0 bridgehead atoms. The largest absolute Gasteiger partial charge is 0.340 e. The molecular weight excluding hydrogens is 382 g/mol. The Balaban J connectivity index is 1.68. The highest BCUT2D eigenvalue weighted by Crippen LogP contribution is 2.34. The van der Waals surface area contributed by atoms with Gasteiger partial charge in [0.1, 0.15) is 5.69 Å². The molecule has 8 nitrogen and oxygen atoms in total. The van der Waals surface area contributed by atoms with Crippen LogP contribution in [0.15, 0.2) is 36.7 Å². The van der Waals surface area contributed by atoms with Gasteiger partial charge >= 0.3 is 0 Å². The van der Waals surface area contributed by atoms with E-state index in [0.29, 0.717) is 38.4 Å². The lowest BCUT2D eigenvalue weighted by molar-refractivity contribution is -0.128. The van der Waals surface area contributed by atoms with E-state index in [0.717, 1.165) is 5.56 Å². The molecule has 1 fully saturated rings. The Bertz CT molecular complexity index is 970. The quantitative estimate of drug-likeness (QED) is 0.769. The summed E-state index contributed by atoms with van der Waals surface area (Å²) in [7, 11) is 1.74. The molecule has 2 aliphatic rings. The number of hydrogen-bond donors (Lipinski definition) is 0. The number of imidazole rings is 1. The van der Waals surface area contributed by atoms with E-state index in [1.54, 1.807) is 35.0 Å². The van der Waals surface area contributed by atoms with Crippen molar-refractivity contribution in [1.29, 1.82) is 0 Å². The van der Waals surface area contributed by atoms with E-state index in [1.165, 1.54) is 0 Å². The zero-order chi connectivity index (χ0) is 21.4. The maximum Gasteiger partial charge on any atom is 0.275 e. The second kappa shape index (κ2) is 7.93. The average Bonchev–Trinajstić information content (AvgIpc) is 3.34. The second-order valence-electron chi connectivity index (χ2n) is 8.09. The molecular formula is C22H27N5O3. The molecule has 2 atom stereocenters. The fraction of sp³-hybridized carbons (Fsp3) is 0.455. The van der Waals surface area contributed by atoms with Crippen molar-refractivity contribution in [3.05, 3.63) is 53.6 Å². The lowest BCUT2D eigenvalue weighted by atomic mass is 10.0. The maximum atomic E-state index is 13.4. The molecule has 1 aromatic heterocycles. The van der Waals surface area contributed by atoms with Gasteiger partial charge in [-0.1, -0.05) is 30.3 Å². The molecule has 0 unspecified atom stereocenters. The van der Waals surface area contributed by atoms with Crippen LogP contribution < -0.4 is 0 Å². The predicted octanol–water partition coefficient (Wildman–Crippen LogP) is 1.65. The van der Waals surface area contributed by atoms with Gasteiger partial charge in [0.15, 0.2) is 5.69 Å². The van der Waals surface area contributed by atoms with Gasteiger partial charge in [0.05, 0.1) is 12.4 Å². The minimum absolute atomic E-state index is 0.0232. The van der Waals surface area contributed by atoms with Crippen molar-refractivity contribution >= 4 is 17.7 Å². The monoisotopic (exact) mass is 409 g/mol. The summed E-state index contributed by atoms with van der Waals surface area (Å²) in [5, 5.41) is 0. The number of benzene rings is 1. The van der Waals surface area contributed by atoms with E-state index in [2.05, 4.69) is 4.98 Å². The number of fused-ring (bicyclic) bond motifs is 3. The third-order valence-electron chi connectivity index (χ3n) is 6.15. The molecule has 1 aromatic carbocycles. The summed E-state index contributed by atoms with van der Waals surface area (Å²) in [5.41, 5.74) is 1.54. The van der Waals surface area contributed by atoms with Gasteiger partial charge in [-0.05, 0) is 12.5 Å². The number of hydrogen-bond acceptors (Lipinski definition) is 4. The summed E-state index contributed by atoms with van der Waals surface area (Å²) in [4.78, 5) is 48.0. The van der Waals surface area contributed by atoms with Gasteiger partial charge in [0.25, 0.3) is 11.8 Å². The Hall–Kier alpha value is -3.16. The summed E-state index contributed by atoms with van der Waals surface area (Å²) < 4.78 is 1.82. The molecule has 0 N–H and O–H groups in total. The van der Waals surface area contributed by atoms with Crippen LogP contribution in [0.5, 0.6) is 0 Å². The van der Waals surface area contributed by atoms with Crippen LogP contribution in [-0.4, -0.2) is 75.2 Å². The van der Waals surface area contributed by atoms with Crippen molar-refractivity contribution in [2.45, 2.75) is 26.4 Å². The van der Waals surface area contributed by atoms with E-state index in [4.69, 9.17) is 0 Å². The highest BCUT2D eigenvalue weighted by molar-refractivity contribution is 6.05. The third-order valence-corrected chi connectivity index (χ3v) is 6.15. The first-order valence-corrected chi connectivity index (χ1v) is 10.3. The van der Waals surface area contributed by atoms with Crippen LogP contribution in [0.3, 0.4) is 0 Å². The Labute approximate surface area is 176 Å². The van der Waals surface area contributed by atoms with Crippen LogP contribution in [-0.2, 0) is 11.3 Å². The number of carbonyl (C=O) groups excluding carboxylic acids is 3. The van der Waals surface area contributed by atoms with E-state index in [9.17, 15) is 14.4 Å². The van der Waals surface area contributed by atoms with Crippen molar-refractivity contribution in [3.8, 4) is 0 Å². The predicted molar refractivity (Wildman–Crippen MR) is 111 cm³/mol. The SMILES string of the molecule is CCN(Cc1ccccc1)C(=O)c1ncn2c1C(=O)N(C)C[C@H]1CN(C(C)=O)C[C@@H]12. The first-order valence-electron chi connectivity index (χ1n) is 10.3.